The predicted octanol–water partition coefficient (Wildman–Crippen LogP) is 12.7. The van der Waals surface area contributed by atoms with Gasteiger partial charge in [0.15, 0.2) is 6.17 Å². The molecule has 6 nitrogen and oxygen atoms in total. The van der Waals surface area contributed by atoms with E-state index in [0.717, 1.165) is 105 Å². The highest BCUT2D eigenvalue weighted by molar-refractivity contribution is 6.18. The number of nitrogens with zero attached hydrogens (tertiary/aromatic N) is 2. The van der Waals surface area contributed by atoms with Crippen molar-refractivity contribution in [3.8, 4) is 11.1 Å². The standard InChI is InChI=1S/C49H29N3O3/c1-2-10-29-23-31(18-17-28(29)9-1)47-50-48(32-20-22-37-35-12-4-7-15-41(35)54-44(37)26-32)52-49(51-47)39-24-33(27-45-46(39)38-13-5-8-16-42(38)55-45)30-19-21-36-34-11-3-6-14-40(34)53-43(36)25-30/h1-27,49H,(H,50,51,52). The summed E-state index contributed by atoms with van der Waals surface area (Å²) >= 11 is 0. The second-order valence-corrected chi connectivity index (χ2v) is 14.2. The van der Waals surface area contributed by atoms with Gasteiger partial charge in [-0.25, -0.2) is 9.98 Å². The number of fused-ring (bicyclic) bond motifs is 10. The van der Waals surface area contributed by atoms with Gasteiger partial charge in [-0.2, -0.15) is 0 Å². The molecule has 0 radical (unpaired) electrons. The fourth-order valence-corrected chi connectivity index (χ4v) is 8.25. The summed E-state index contributed by atoms with van der Waals surface area (Å²) < 4.78 is 19.2. The first kappa shape index (κ1) is 30.1. The summed E-state index contributed by atoms with van der Waals surface area (Å²) in [4.78, 5) is 10.8. The van der Waals surface area contributed by atoms with Gasteiger partial charge in [-0.05, 0) is 82.6 Å². The molecular weight excluding hydrogens is 679 g/mol. The molecule has 0 saturated carbocycles. The molecule has 4 heterocycles. The molecule has 6 heteroatoms. The summed E-state index contributed by atoms with van der Waals surface area (Å²) in [6.45, 7) is 0. The van der Waals surface area contributed by atoms with Crippen molar-refractivity contribution in [3.63, 3.8) is 0 Å². The number of aliphatic imine (C=N–C) groups is 2. The van der Waals surface area contributed by atoms with Gasteiger partial charge in [-0.3, -0.25) is 0 Å². The van der Waals surface area contributed by atoms with Crippen LogP contribution in [0.1, 0.15) is 22.9 Å². The number of benzene rings is 8. The smallest absolute Gasteiger partial charge is 0.170 e. The maximum atomic E-state index is 6.58. The Kier molecular flexibility index (Phi) is 6.30. The van der Waals surface area contributed by atoms with Gasteiger partial charge < -0.3 is 18.6 Å². The van der Waals surface area contributed by atoms with Crippen LogP contribution in [0.5, 0.6) is 0 Å². The van der Waals surface area contributed by atoms with Crippen LogP contribution in [0.25, 0.3) is 87.7 Å². The van der Waals surface area contributed by atoms with Gasteiger partial charge in [0.1, 0.15) is 45.2 Å². The van der Waals surface area contributed by atoms with Crippen molar-refractivity contribution in [1.29, 1.82) is 0 Å². The van der Waals surface area contributed by atoms with Gasteiger partial charge in [0.05, 0.1) is 0 Å². The monoisotopic (exact) mass is 707 g/mol. The highest BCUT2D eigenvalue weighted by atomic mass is 16.3. The van der Waals surface area contributed by atoms with E-state index < -0.39 is 6.17 Å². The summed E-state index contributed by atoms with van der Waals surface area (Å²) in [6, 6.07) is 56.4. The van der Waals surface area contributed by atoms with Crippen LogP contribution >= 0.6 is 0 Å². The Labute approximate surface area is 313 Å². The molecule has 3 aromatic heterocycles. The summed E-state index contributed by atoms with van der Waals surface area (Å²) in [7, 11) is 0. The first-order valence-corrected chi connectivity index (χ1v) is 18.4. The molecule has 258 valence electrons. The van der Waals surface area contributed by atoms with Crippen molar-refractivity contribution in [1.82, 2.24) is 5.32 Å². The summed E-state index contributed by atoms with van der Waals surface area (Å²) in [5, 5.41) is 12.3. The zero-order valence-electron chi connectivity index (χ0n) is 29.3. The first-order valence-electron chi connectivity index (χ1n) is 18.4. The molecule has 1 N–H and O–H groups in total. The van der Waals surface area contributed by atoms with E-state index in [4.69, 9.17) is 23.2 Å². The molecule has 0 spiro atoms. The minimum Gasteiger partial charge on any atom is -0.456 e. The molecule has 0 amide bonds. The number of para-hydroxylation sites is 3. The third-order valence-electron chi connectivity index (χ3n) is 10.9. The van der Waals surface area contributed by atoms with Crippen molar-refractivity contribution < 1.29 is 13.3 Å². The molecule has 55 heavy (non-hydrogen) atoms. The van der Waals surface area contributed by atoms with Crippen molar-refractivity contribution in [2.75, 3.05) is 0 Å². The Hall–Kier alpha value is -7.44. The van der Waals surface area contributed by atoms with Gasteiger partial charge in [0, 0.05) is 49.0 Å². The van der Waals surface area contributed by atoms with Gasteiger partial charge in [0.25, 0.3) is 0 Å². The minimum atomic E-state index is -0.595. The fraction of sp³-hybridized carbons (Fsp3) is 0.0204. The largest absolute Gasteiger partial charge is 0.456 e. The van der Waals surface area contributed by atoms with E-state index in [1.54, 1.807) is 0 Å². The van der Waals surface area contributed by atoms with Crippen LogP contribution in [0.15, 0.2) is 187 Å². The van der Waals surface area contributed by atoms with Crippen molar-refractivity contribution in [2.24, 2.45) is 9.98 Å². The Morgan fingerprint density at radius 2 is 0.855 bits per heavy atom. The van der Waals surface area contributed by atoms with Crippen molar-refractivity contribution in [2.45, 2.75) is 6.17 Å². The molecule has 11 aromatic rings. The van der Waals surface area contributed by atoms with Crippen LogP contribution < -0.4 is 5.32 Å². The molecule has 0 bridgehead atoms. The number of furan rings is 3. The van der Waals surface area contributed by atoms with Crippen LogP contribution in [-0.4, -0.2) is 11.7 Å². The van der Waals surface area contributed by atoms with Crippen LogP contribution in [0.3, 0.4) is 0 Å². The summed E-state index contributed by atoms with van der Waals surface area (Å²) in [5.74, 6) is 1.45. The molecule has 0 aliphatic carbocycles. The SMILES string of the molecule is c1ccc2cc(C3=NC(c4cc(-c5ccc6c(c5)oc5ccccc56)cc5oc6ccccc6c45)N=C(c4ccc5c(c4)oc4ccccc45)N3)ccc2c1. The molecule has 1 unspecified atom stereocenters. The van der Waals surface area contributed by atoms with Gasteiger partial charge in [0.2, 0.25) is 0 Å². The normalized spacial score (nSPS) is 14.7. The highest BCUT2D eigenvalue weighted by Crippen LogP contribution is 2.41. The average Bonchev–Trinajstić information content (AvgIpc) is 3.93. The quantitative estimate of drug-likeness (QED) is 0.198. The molecule has 8 aromatic carbocycles. The fourth-order valence-electron chi connectivity index (χ4n) is 8.25. The number of hydrogen-bond acceptors (Lipinski definition) is 6. The third kappa shape index (κ3) is 4.75. The Balaban J connectivity index is 1.08. The first-order chi connectivity index (χ1) is 27.2. The lowest BCUT2D eigenvalue weighted by Crippen LogP contribution is -2.36. The van der Waals surface area contributed by atoms with E-state index in [-0.39, 0.29) is 0 Å². The zero-order chi connectivity index (χ0) is 36.0. The van der Waals surface area contributed by atoms with Crippen LogP contribution in [0, 0.1) is 0 Å². The molecule has 12 rings (SSSR count). The van der Waals surface area contributed by atoms with Crippen LogP contribution in [0.2, 0.25) is 0 Å². The number of nitrogens with one attached hydrogen (secondary N) is 1. The van der Waals surface area contributed by atoms with E-state index in [2.05, 4.69) is 115 Å². The van der Waals surface area contributed by atoms with E-state index in [1.807, 2.05) is 54.6 Å². The summed E-state index contributed by atoms with van der Waals surface area (Å²) in [5.41, 5.74) is 9.80. The summed E-state index contributed by atoms with van der Waals surface area (Å²) in [6.07, 6.45) is -0.595. The van der Waals surface area contributed by atoms with E-state index >= 15 is 0 Å². The lowest BCUT2D eigenvalue weighted by atomic mass is 9.96. The number of amidine groups is 2. The molecule has 1 atom stereocenters. The lowest BCUT2D eigenvalue weighted by molar-refractivity contribution is 0.667. The lowest BCUT2D eigenvalue weighted by Gasteiger charge is -2.23. The molecule has 0 saturated heterocycles. The Bertz CT molecular complexity index is 3430. The predicted molar refractivity (Wildman–Crippen MR) is 223 cm³/mol. The van der Waals surface area contributed by atoms with Crippen molar-refractivity contribution in [3.05, 3.63) is 180 Å². The second kappa shape index (κ2) is 11.5. The zero-order valence-corrected chi connectivity index (χ0v) is 29.3. The van der Waals surface area contributed by atoms with E-state index in [0.29, 0.717) is 5.84 Å². The Morgan fingerprint density at radius 3 is 1.56 bits per heavy atom. The maximum absolute atomic E-state index is 6.58. The van der Waals surface area contributed by atoms with Gasteiger partial charge >= 0.3 is 0 Å². The highest BCUT2D eigenvalue weighted by Gasteiger charge is 2.26. The molecule has 0 fully saturated rings. The minimum absolute atomic E-state index is 0.595. The molecular formula is C49H29N3O3. The third-order valence-corrected chi connectivity index (χ3v) is 10.9. The maximum Gasteiger partial charge on any atom is 0.170 e. The Morgan fingerprint density at radius 1 is 0.364 bits per heavy atom. The number of hydrogen-bond donors (Lipinski definition) is 1. The van der Waals surface area contributed by atoms with Crippen molar-refractivity contribution >= 4 is 88.3 Å². The van der Waals surface area contributed by atoms with Crippen LogP contribution in [-0.2, 0) is 0 Å². The topological polar surface area (TPSA) is 76.2 Å². The van der Waals surface area contributed by atoms with Crippen LogP contribution in [0.4, 0.5) is 0 Å². The average molecular weight is 708 g/mol. The van der Waals surface area contributed by atoms with Gasteiger partial charge in [-0.1, -0.05) is 103 Å². The molecule has 1 aliphatic heterocycles. The molecule has 1 aliphatic rings. The second-order valence-electron chi connectivity index (χ2n) is 14.2. The van der Waals surface area contributed by atoms with E-state index in [1.165, 1.54) is 5.39 Å². The van der Waals surface area contributed by atoms with E-state index in [9.17, 15) is 0 Å². The van der Waals surface area contributed by atoms with Gasteiger partial charge in [-0.15, -0.1) is 0 Å². The number of rotatable bonds is 4.